The van der Waals surface area contributed by atoms with Gasteiger partial charge in [-0.05, 0) is 59.1 Å². The first-order valence-corrected chi connectivity index (χ1v) is 9.23. The highest BCUT2D eigenvalue weighted by molar-refractivity contribution is 8.03. The lowest BCUT2D eigenvalue weighted by Gasteiger charge is -2.09. The van der Waals surface area contributed by atoms with Crippen LogP contribution in [0, 0.1) is 22.5 Å². The van der Waals surface area contributed by atoms with Crippen LogP contribution in [-0.2, 0) is 0 Å². The van der Waals surface area contributed by atoms with E-state index in [-0.39, 0.29) is 5.75 Å². The number of pyridine rings is 1. The van der Waals surface area contributed by atoms with Gasteiger partial charge in [0.25, 0.3) is 0 Å². The summed E-state index contributed by atoms with van der Waals surface area (Å²) < 4.78 is 40.5. The molecule has 3 nitrogen and oxygen atoms in total. The normalized spacial score (nSPS) is 10.6. The molecule has 0 spiro atoms. The Kier molecular flexibility index (Phi) is 6.33. The van der Waals surface area contributed by atoms with Gasteiger partial charge < -0.3 is 4.74 Å². The van der Waals surface area contributed by atoms with E-state index in [0.717, 1.165) is 28.5 Å². The van der Waals surface area contributed by atoms with Crippen LogP contribution in [0.25, 0.3) is 11.1 Å². The number of nitrogens with zero attached hydrogens (tertiary/aromatic N) is 2. The zero-order chi connectivity index (χ0) is 20.9. The molecule has 0 atom stereocenters. The maximum absolute atomic E-state index is 12.2. The third-order valence-corrected chi connectivity index (χ3v) is 4.45. The number of hydrogen-bond donors (Lipinski definition) is 0. The molecule has 2 aromatic carbocycles. The summed E-state index contributed by atoms with van der Waals surface area (Å²) in [5, 5.41) is 11.0. The molecule has 0 aliphatic carbocycles. The predicted octanol–water partition coefficient (Wildman–Crippen LogP) is 6.27. The Morgan fingerprint density at radius 1 is 0.966 bits per heavy atom. The van der Waals surface area contributed by atoms with E-state index in [4.69, 9.17) is 16.9 Å². The Morgan fingerprint density at radius 3 is 2.14 bits per heavy atom. The van der Waals surface area contributed by atoms with Gasteiger partial charge in [0.1, 0.15) is 16.8 Å². The SMILES string of the molecule is N#CSc1cnc(C#Cc2ccc(-c3ccc(OC(F)(F)F)cc3)cc2)c(Cl)c1. The molecule has 0 amide bonds. The largest absolute Gasteiger partial charge is 0.573 e. The second kappa shape index (κ2) is 8.91. The van der Waals surface area contributed by atoms with Crippen LogP contribution in [0.3, 0.4) is 0 Å². The second-order valence-electron chi connectivity index (χ2n) is 5.59. The maximum Gasteiger partial charge on any atom is 0.573 e. The molecule has 29 heavy (non-hydrogen) atoms. The van der Waals surface area contributed by atoms with Gasteiger partial charge in [-0.1, -0.05) is 41.8 Å². The summed E-state index contributed by atoms with van der Waals surface area (Å²) in [6.07, 6.45) is -3.19. The van der Waals surface area contributed by atoms with Crippen molar-refractivity contribution < 1.29 is 17.9 Å². The Morgan fingerprint density at radius 2 is 1.59 bits per heavy atom. The number of thiocyanates is 1. The molecule has 0 saturated heterocycles. The van der Waals surface area contributed by atoms with Crippen molar-refractivity contribution in [3.05, 3.63) is 77.1 Å². The van der Waals surface area contributed by atoms with Crippen LogP contribution in [0.1, 0.15) is 11.3 Å². The highest BCUT2D eigenvalue weighted by Crippen LogP contribution is 2.27. The Hall–Kier alpha value is -3.13. The summed E-state index contributed by atoms with van der Waals surface area (Å²) in [5.41, 5.74) is 2.69. The Bertz CT molecular complexity index is 1110. The summed E-state index contributed by atoms with van der Waals surface area (Å²) in [5.74, 6) is 5.56. The van der Waals surface area contributed by atoms with Gasteiger partial charge in [-0.25, -0.2) is 4.98 Å². The summed E-state index contributed by atoms with van der Waals surface area (Å²) in [4.78, 5) is 4.78. The third kappa shape index (κ3) is 5.92. The molecule has 0 saturated carbocycles. The fourth-order valence-corrected chi connectivity index (χ4v) is 3.01. The van der Waals surface area contributed by atoms with Gasteiger partial charge in [0.2, 0.25) is 0 Å². The van der Waals surface area contributed by atoms with Crippen LogP contribution < -0.4 is 4.74 Å². The number of rotatable bonds is 3. The number of ether oxygens (including phenoxy) is 1. The highest BCUT2D eigenvalue weighted by Gasteiger charge is 2.30. The van der Waals surface area contributed by atoms with Gasteiger partial charge in [-0.15, -0.1) is 13.2 Å². The van der Waals surface area contributed by atoms with E-state index < -0.39 is 6.36 Å². The number of benzene rings is 2. The molecule has 144 valence electrons. The lowest BCUT2D eigenvalue weighted by molar-refractivity contribution is -0.274. The quantitative estimate of drug-likeness (QED) is 0.279. The van der Waals surface area contributed by atoms with Crippen LogP contribution in [0.15, 0.2) is 65.7 Å². The van der Waals surface area contributed by atoms with E-state index in [9.17, 15) is 13.2 Å². The summed E-state index contributed by atoms with van der Waals surface area (Å²) in [6.45, 7) is 0. The molecule has 8 heteroatoms. The van der Waals surface area contributed by atoms with E-state index in [1.807, 2.05) is 17.5 Å². The van der Waals surface area contributed by atoms with Gasteiger partial charge in [0.05, 0.1) is 5.02 Å². The van der Waals surface area contributed by atoms with E-state index in [1.165, 1.54) is 18.3 Å². The highest BCUT2D eigenvalue weighted by atomic mass is 35.5. The lowest BCUT2D eigenvalue weighted by atomic mass is 10.0. The van der Waals surface area contributed by atoms with Crippen molar-refractivity contribution in [2.45, 2.75) is 11.3 Å². The van der Waals surface area contributed by atoms with Crippen LogP contribution in [0.5, 0.6) is 5.75 Å². The number of nitriles is 1. The summed E-state index contributed by atoms with van der Waals surface area (Å²) in [6, 6.07) is 14.4. The van der Waals surface area contributed by atoms with Crippen molar-refractivity contribution in [3.8, 4) is 34.1 Å². The maximum atomic E-state index is 12.2. The topological polar surface area (TPSA) is 45.9 Å². The van der Waals surface area contributed by atoms with Crippen molar-refractivity contribution in [2.75, 3.05) is 0 Å². The number of thioether (sulfide) groups is 1. The van der Waals surface area contributed by atoms with Gasteiger partial charge in [0, 0.05) is 16.7 Å². The molecule has 0 bridgehead atoms. The average molecular weight is 431 g/mol. The van der Waals surface area contributed by atoms with Crippen molar-refractivity contribution in [3.63, 3.8) is 0 Å². The summed E-state index contributed by atoms with van der Waals surface area (Å²) >= 11 is 7.08. The van der Waals surface area contributed by atoms with Crippen LogP contribution in [0.2, 0.25) is 5.02 Å². The minimum absolute atomic E-state index is 0.271. The average Bonchev–Trinajstić information content (AvgIpc) is 2.67. The number of alkyl halides is 3. The van der Waals surface area contributed by atoms with Gasteiger partial charge in [-0.3, -0.25) is 0 Å². The molecule has 0 aliphatic heterocycles. The van der Waals surface area contributed by atoms with E-state index >= 15 is 0 Å². The van der Waals surface area contributed by atoms with Gasteiger partial charge in [-0.2, -0.15) is 5.26 Å². The van der Waals surface area contributed by atoms with E-state index in [1.54, 1.807) is 30.3 Å². The minimum Gasteiger partial charge on any atom is -0.406 e. The van der Waals surface area contributed by atoms with Crippen molar-refractivity contribution in [1.82, 2.24) is 4.98 Å². The first-order chi connectivity index (χ1) is 13.8. The number of hydrogen-bond acceptors (Lipinski definition) is 4. The molecule has 1 aromatic heterocycles. The third-order valence-electron chi connectivity index (χ3n) is 3.61. The molecule has 1 heterocycles. The molecule has 0 N–H and O–H groups in total. The van der Waals surface area contributed by atoms with Crippen LogP contribution >= 0.6 is 23.4 Å². The zero-order valence-corrected chi connectivity index (χ0v) is 16.1. The van der Waals surface area contributed by atoms with E-state index in [0.29, 0.717) is 15.6 Å². The number of aromatic nitrogens is 1. The van der Waals surface area contributed by atoms with Crippen molar-refractivity contribution in [1.29, 1.82) is 5.26 Å². The molecule has 0 radical (unpaired) electrons. The first kappa shape index (κ1) is 20.6. The standard InChI is InChI=1S/C21H10ClF3N2OS/c22-19-11-18(29-13-26)12-27-20(19)10-3-14-1-4-15(5-2-14)16-6-8-17(9-7-16)28-21(23,24)25/h1-2,4-9,11-12H. The molecular weight excluding hydrogens is 421 g/mol. The molecule has 0 aliphatic rings. The van der Waals surface area contributed by atoms with Gasteiger partial charge in [0.15, 0.2) is 0 Å². The van der Waals surface area contributed by atoms with Gasteiger partial charge >= 0.3 is 6.36 Å². The molecule has 0 unspecified atom stereocenters. The lowest BCUT2D eigenvalue weighted by Crippen LogP contribution is -2.16. The molecule has 3 rings (SSSR count). The molecular formula is C21H10ClF3N2OS. The van der Waals surface area contributed by atoms with Crippen LogP contribution in [-0.4, -0.2) is 11.3 Å². The molecule has 3 aromatic rings. The summed E-state index contributed by atoms with van der Waals surface area (Å²) in [7, 11) is 0. The monoisotopic (exact) mass is 430 g/mol. The zero-order valence-electron chi connectivity index (χ0n) is 14.5. The van der Waals surface area contributed by atoms with Crippen molar-refractivity contribution >= 4 is 23.4 Å². The number of halogens is 4. The van der Waals surface area contributed by atoms with Crippen molar-refractivity contribution in [2.24, 2.45) is 0 Å². The Labute approximate surface area is 174 Å². The smallest absolute Gasteiger partial charge is 0.406 e. The minimum atomic E-state index is -4.71. The predicted molar refractivity (Wildman–Crippen MR) is 105 cm³/mol. The molecule has 0 fully saturated rings. The van der Waals surface area contributed by atoms with Crippen LogP contribution in [0.4, 0.5) is 13.2 Å². The Balaban J connectivity index is 1.73. The second-order valence-corrected chi connectivity index (χ2v) is 6.86. The van der Waals surface area contributed by atoms with E-state index in [2.05, 4.69) is 21.6 Å². The first-order valence-electron chi connectivity index (χ1n) is 8.04. The fraction of sp³-hybridized carbons (Fsp3) is 0.0476. The fourth-order valence-electron chi connectivity index (χ4n) is 2.35.